The molecule has 1 aliphatic rings. The second-order valence-corrected chi connectivity index (χ2v) is 9.95. The minimum Gasteiger partial charge on any atom is -0.352 e. The number of aryl methyl sites for hydroxylation is 1. The number of likely N-dealkylation sites (tertiary alicyclic amines) is 1. The third-order valence-electron chi connectivity index (χ3n) is 6.64. The fourth-order valence-electron chi connectivity index (χ4n) is 5.02. The van der Waals surface area contributed by atoms with Crippen LogP contribution in [0.15, 0.2) is 53.6 Å². The van der Waals surface area contributed by atoms with Crippen molar-refractivity contribution in [2.24, 2.45) is 11.8 Å². The highest BCUT2D eigenvalue weighted by Gasteiger charge is 2.21. The van der Waals surface area contributed by atoms with Gasteiger partial charge in [-0.15, -0.1) is 0 Å². The molecule has 4 rings (SSSR count). The Kier molecular flexibility index (Phi) is 8.08. The van der Waals surface area contributed by atoms with Gasteiger partial charge < -0.3 is 10.3 Å². The van der Waals surface area contributed by atoms with Crippen molar-refractivity contribution in [3.63, 3.8) is 0 Å². The van der Waals surface area contributed by atoms with E-state index < -0.39 is 0 Å². The standard InChI is InChI=1S/C28H35N5O2/c1-19-14-20(2)17-33(16-19)18-23-6-4-22(5-7-23)15-30-26(34)9-8-25-21(3)31-27(32-28(25)35)24-10-12-29-13-11-24/h4-7,10-13,19-20H,8-9,14-18H2,1-3H3,(H,30,34)(H,31,32,35). The maximum atomic E-state index is 12.6. The molecule has 0 bridgehead atoms. The summed E-state index contributed by atoms with van der Waals surface area (Å²) in [5.41, 5.74) is 4.16. The Labute approximate surface area is 207 Å². The molecule has 0 spiro atoms. The summed E-state index contributed by atoms with van der Waals surface area (Å²) < 4.78 is 0. The van der Waals surface area contributed by atoms with Gasteiger partial charge in [0.15, 0.2) is 0 Å². The number of H-pyrrole nitrogens is 1. The minimum absolute atomic E-state index is 0.0811. The van der Waals surface area contributed by atoms with E-state index in [-0.39, 0.29) is 17.9 Å². The summed E-state index contributed by atoms with van der Waals surface area (Å²) in [5, 5.41) is 2.97. The van der Waals surface area contributed by atoms with Gasteiger partial charge in [-0.1, -0.05) is 38.1 Å². The van der Waals surface area contributed by atoms with Gasteiger partial charge in [-0.3, -0.25) is 19.5 Å². The number of pyridine rings is 1. The predicted octanol–water partition coefficient (Wildman–Crippen LogP) is 3.87. The Hall–Kier alpha value is -3.32. The summed E-state index contributed by atoms with van der Waals surface area (Å²) in [6.07, 6.45) is 5.22. The summed E-state index contributed by atoms with van der Waals surface area (Å²) in [7, 11) is 0. The lowest BCUT2D eigenvalue weighted by Gasteiger charge is -2.35. The van der Waals surface area contributed by atoms with Crippen LogP contribution < -0.4 is 10.9 Å². The number of aromatic amines is 1. The molecule has 3 heterocycles. The third kappa shape index (κ3) is 6.85. The Morgan fingerprint density at radius 1 is 1.06 bits per heavy atom. The third-order valence-corrected chi connectivity index (χ3v) is 6.64. The average Bonchev–Trinajstić information content (AvgIpc) is 2.83. The molecule has 1 fully saturated rings. The van der Waals surface area contributed by atoms with Crippen molar-refractivity contribution in [1.29, 1.82) is 0 Å². The molecule has 3 aromatic rings. The molecule has 184 valence electrons. The van der Waals surface area contributed by atoms with Crippen molar-refractivity contribution < 1.29 is 4.79 Å². The summed E-state index contributed by atoms with van der Waals surface area (Å²) in [4.78, 5) is 38.9. The molecule has 2 N–H and O–H groups in total. The normalized spacial score (nSPS) is 18.4. The zero-order valence-electron chi connectivity index (χ0n) is 20.9. The summed E-state index contributed by atoms with van der Waals surface area (Å²) in [5.74, 6) is 1.93. The van der Waals surface area contributed by atoms with Crippen LogP contribution in [0.25, 0.3) is 11.4 Å². The van der Waals surface area contributed by atoms with Crippen molar-refractivity contribution in [3.05, 3.63) is 81.5 Å². The fraction of sp³-hybridized carbons (Fsp3) is 0.429. The van der Waals surface area contributed by atoms with E-state index in [1.807, 2.05) is 0 Å². The Morgan fingerprint density at radius 2 is 1.71 bits per heavy atom. The predicted molar refractivity (Wildman–Crippen MR) is 138 cm³/mol. The van der Waals surface area contributed by atoms with Crippen molar-refractivity contribution >= 4 is 5.91 Å². The average molecular weight is 474 g/mol. The zero-order chi connectivity index (χ0) is 24.8. The van der Waals surface area contributed by atoms with Gasteiger partial charge in [0.05, 0.1) is 0 Å². The molecule has 2 aromatic heterocycles. The van der Waals surface area contributed by atoms with Gasteiger partial charge in [0.1, 0.15) is 5.82 Å². The van der Waals surface area contributed by atoms with Gasteiger partial charge in [-0.2, -0.15) is 0 Å². The molecular weight excluding hydrogens is 438 g/mol. The van der Waals surface area contributed by atoms with Crippen LogP contribution in [0, 0.1) is 18.8 Å². The van der Waals surface area contributed by atoms with Crippen LogP contribution in [0.4, 0.5) is 0 Å². The Balaban J connectivity index is 1.26. The molecule has 1 aliphatic heterocycles. The smallest absolute Gasteiger partial charge is 0.254 e. The van der Waals surface area contributed by atoms with Gasteiger partial charge in [-0.05, 0) is 54.9 Å². The number of nitrogens with one attached hydrogen (secondary N) is 2. The van der Waals surface area contributed by atoms with Gasteiger partial charge in [0, 0.05) is 61.8 Å². The highest BCUT2D eigenvalue weighted by atomic mass is 16.1. The van der Waals surface area contributed by atoms with E-state index in [1.165, 1.54) is 12.0 Å². The maximum Gasteiger partial charge on any atom is 0.254 e. The number of hydrogen-bond acceptors (Lipinski definition) is 5. The number of piperidine rings is 1. The first-order valence-electron chi connectivity index (χ1n) is 12.4. The lowest BCUT2D eigenvalue weighted by molar-refractivity contribution is -0.121. The van der Waals surface area contributed by atoms with Crippen LogP contribution >= 0.6 is 0 Å². The van der Waals surface area contributed by atoms with Gasteiger partial charge in [0.2, 0.25) is 5.91 Å². The molecule has 7 heteroatoms. The van der Waals surface area contributed by atoms with Crippen LogP contribution in [-0.4, -0.2) is 38.8 Å². The molecule has 2 atom stereocenters. The van der Waals surface area contributed by atoms with E-state index in [2.05, 4.69) is 63.3 Å². The lowest BCUT2D eigenvalue weighted by Crippen LogP contribution is -2.38. The topological polar surface area (TPSA) is 91.0 Å². The molecule has 7 nitrogen and oxygen atoms in total. The lowest BCUT2D eigenvalue weighted by atomic mass is 9.91. The first-order chi connectivity index (χ1) is 16.9. The Morgan fingerprint density at radius 3 is 2.37 bits per heavy atom. The molecule has 2 unspecified atom stereocenters. The van der Waals surface area contributed by atoms with E-state index >= 15 is 0 Å². The summed E-state index contributed by atoms with van der Waals surface area (Å²) in [6, 6.07) is 12.1. The minimum atomic E-state index is -0.204. The quantitative estimate of drug-likeness (QED) is 0.518. The van der Waals surface area contributed by atoms with E-state index in [1.54, 1.807) is 31.5 Å². The van der Waals surface area contributed by atoms with Gasteiger partial charge in [-0.25, -0.2) is 4.98 Å². The number of hydrogen-bond donors (Lipinski definition) is 2. The van der Waals surface area contributed by atoms with E-state index in [0.29, 0.717) is 30.0 Å². The molecule has 35 heavy (non-hydrogen) atoms. The van der Waals surface area contributed by atoms with E-state index in [0.717, 1.165) is 42.6 Å². The van der Waals surface area contributed by atoms with Crippen LogP contribution in [0.3, 0.4) is 0 Å². The highest BCUT2D eigenvalue weighted by molar-refractivity contribution is 5.76. The van der Waals surface area contributed by atoms with E-state index in [4.69, 9.17) is 0 Å². The largest absolute Gasteiger partial charge is 0.352 e. The molecular formula is C28H35N5O2. The van der Waals surface area contributed by atoms with Gasteiger partial charge in [0.25, 0.3) is 5.56 Å². The molecule has 1 amide bonds. The molecule has 1 aromatic carbocycles. The number of carbonyl (C=O) groups excluding carboxylic acids is 1. The zero-order valence-corrected chi connectivity index (χ0v) is 20.9. The number of carbonyl (C=O) groups is 1. The summed E-state index contributed by atoms with van der Waals surface area (Å²) >= 11 is 0. The number of rotatable bonds is 8. The first-order valence-corrected chi connectivity index (χ1v) is 12.4. The summed E-state index contributed by atoms with van der Waals surface area (Å²) in [6.45, 7) is 10.2. The van der Waals surface area contributed by atoms with Crippen molar-refractivity contribution in [2.75, 3.05) is 13.1 Å². The number of aromatic nitrogens is 3. The van der Waals surface area contributed by atoms with Crippen molar-refractivity contribution in [3.8, 4) is 11.4 Å². The van der Waals surface area contributed by atoms with Crippen molar-refractivity contribution in [2.45, 2.75) is 53.1 Å². The molecule has 0 radical (unpaired) electrons. The maximum absolute atomic E-state index is 12.6. The molecule has 1 saturated heterocycles. The number of benzene rings is 1. The number of amides is 1. The molecule has 0 aliphatic carbocycles. The Bertz CT molecular complexity index is 1180. The monoisotopic (exact) mass is 473 g/mol. The second-order valence-electron chi connectivity index (χ2n) is 9.95. The van der Waals surface area contributed by atoms with Crippen LogP contribution in [-0.2, 0) is 24.3 Å². The van der Waals surface area contributed by atoms with Crippen LogP contribution in [0.2, 0.25) is 0 Å². The first kappa shape index (κ1) is 24.8. The van der Waals surface area contributed by atoms with Crippen LogP contribution in [0.1, 0.15) is 49.1 Å². The highest BCUT2D eigenvalue weighted by Crippen LogP contribution is 2.22. The second kappa shape index (κ2) is 11.4. The van der Waals surface area contributed by atoms with E-state index in [9.17, 15) is 9.59 Å². The fourth-order valence-corrected chi connectivity index (χ4v) is 5.02. The van der Waals surface area contributed by atoms with Crippen LogP contribution in [0.5, 0.6) is 0 Å². The number of nitrogens with zero attached hydrogens (tertiary/aromatic N) is 3. The SMILES string of the molecule is Cc1nc(-c2ccncc2)[nH]c(=O)c1CCC(=O)NCc1ccc(CN2CC(C)CC(C)C2)cc1. The van der Waals surface area contributed by atoms with Gasteiger partial charge >= 0.3 is 0 Å². The molecule has 0 saturated carbocycles. The van der Waals surface area contributed by atoms with Crippen molar-refractivity contribution in [1.82, 2.24) is 25.2 Å².